The van der Waals surface area contributed by atoms with Crippen molar-refractivity contribution < 1.29 is 57.0 Å². The van der Waals surface area contributed by atoms with Gasteiger partial charge >= 0.3 is 17.9 Å². The van der Waals surface area contributed by atoms with E-state index in [-0.39, 0.29) is 30.9 Å². The summed E-state index contributed by atoms with van der Waals surface area (Å²) in [4.78, 5) is 38.3. The summed E-state index contributed by atoms with van der Waals surface area (Å²) in [6, 6.07) is 16.2. The number of ether oxygens (including phenoxy) is 9. The van der Waals surface area contributed by atoms with Crippen molar-refractivity contribution in [3.8, 4) is 0 Å². The lowest BCUT2D eigenvalue weighted by atomic mass is 10.00. The van der Waals surface area contributed by atoms with Crippen molar-refractivity contribution in [1.82, 2.24) is 0 Å². The van der Waals surface area contributed by atoms with Crippen LogP contribution in [-0.2, 0) is 47.4 Å². The van der Waals surface area contributed by atoms with Crippen LogP contribution >= 0.6 is 34.8 Å². The third-order valence-corrected chi connectivity index (χ3v) is 7.84. The minimum absolute atomic E-state index is 0.108. The first-order valence-corrected chi connectivity index (χ1v) is 15.6. The van der Waals surface area contributed by atoms with Gasteiger partial charge in [0, 0.05) is 6.92 Å². The fourth-order valence-electron chi connectivity index (χ4n) is 5.32. The van der Waals surface area contributed by atoms with Crippen LogP contribution in [0, 0.1) is 5.41 Å². The summed E-state index contributed by atoms with van der Waals surface area (Å²) in [5.74, 6) is -4.06. The molecule has 3 fully saturated rings. The van der Waals surface area contributed by atoms with Gasteiger partial charge in [0.2, 0.25) is 12.2 Å². The molecule has 0 aromatic heterocycles. The molecule has 3 heterocycles. The fraction of sp³-hybridized carbons (Fsp3) is 0.484. The van der Waals surface area contributed by atoms with Crippen molar-refractivity contribution in [2.75, 3.05) is 19.8 Å². The number of hydrogen-bond acceptors (Lipinski definition) is 13. The third kappa shape index (κ3) is 8.35. The van der Waals surface area contributed by atoms with E-state index in [0.717, 1.165) is 0 Å². The molecule has 3 saturated heterocycles. The van der Waals surface area contributed by atoms with Crippen molar-refractivity contribution >= 4 is 58.6 Å². The van der Waals surface area contributed by atoms with E-state index in [0.29, 0.717) is 0 Å². The molecule has 254 valence electrons. The Balaban J connectivity index is 1.49. The molecule has 1 N–H and O–H groups in total. The number of halogens is 3. The molecule has 3 aliphatic rings. The first kappa shape index (κ1) is 35.3. The molecular formula is C31H32Cl3NO12. The highest BCUT2D eigenvalue weighted by molar-refractivity contribution is 6.76. The van der Waals surface area contributed by atoms with Crippen LogP contribution in [-0.4, -0.2) is 95.8 Å². The van der Waals surface area contributed by atoms with Crippen molar-refractivity contribution in [2.45, 2.75) is 72.9 Å². The van der Waals surface area contributed by atoms with Crippen molar-refractivity contribution in [3.05, 3.63) is 71.8 Å². The molecule has 0 bridgehead atoms. The van der Waals surface area contributed by atoms with Crippen LogP contribution in [0.5, 0.6) is 0 Å². The maximum atomic E-state index is 13.4. The molecule has 5 rings (SSSR count). The van der Waals surface area contributed by atoms with Gasteiger partial charge in [-0.15, -0.1) is 0 Å². The number of alkyl halides is 3. The van der Waals surface area contributed by atoms with Crippen LogP contribution < -0.4 is 0 Å². The highest BCUT2D eigenvalue weighted by Crippen LogP contribution is 2.45. The maximum Gasteiger partial charge on any atom is 0.338 e. The van der Waals surface area contributed by atoms with E-state index < -0.39 is 76.0 Å². The summed E-state index contributed by atoms with van der Waals surface area (Å²) in [5.41, 5.74) is -0.867. The highest BCUT2D eigenvalue weighted by Gasteiger charge is 2.64. The van der Waals surface area contributed by atoms with E-state index in [1.54, 1.807) is 62.4 Å². The minimum atomic E-state index is -2.30. The van der Waals surface area contributed by atoms with Gasteiger partial charge in [-0.25, -0.2) is 9.59 Å². The Morgan fingerprint density at radius 1 is 0.872 bits per heavy atom. The summed E-state index contributed by atoms with van der Waals surface area (Å²) in [5, 5.41) is 8.16. The normalized spacial score (nSPS) is 29.7. The van der Waals surface area contributed by atoms with E-state index in [2.05, 4.69) is 0 Å². The van der Waals surface area contributed by atoms with E-state index in [9.17, 15) is 14.4 Å². The third-order valence-electron chi connectivity index (χ3n) is 7.32. The quantitative estimate of drug-likeness (QED) is 0.129. The summed E-state index contributed by atoms with van der Waals surface area (Å²) < 4.78 is 50.7. The molecule has 47 heavy (non-hydrogen) atoms. The first-order valence-electron chi connectivity index (χ1n) is 14.4. The SMILES string of the molecule is CC(=O)OC[C@@]12CO[C@@H](O[C@@H]3[C@@H](OC(=O)c4ccccc4)[C@@H](OC(=N)C(Cl)(Cl)Cl)OC[C@H]3OC(=O)c3ccccc3)[C@@H]1OC(C)(C)O2. The van der Waals surface area contributed by atoms with Gasteiger partial charge in [0.25, 0.3) is 3.79 Å². The smallest absolute Gasteiger partial charge is 0.338 e. The van der Waals surface area contributed by atoms with Crippen molar-refractivity contribution in [2.24, 2.45) is 0 Å². The van der Waals surface area contributed by atoms with Crippen LogP contribution in [0.25, 0.3) is 0 Å². The Bertz CT molecular complexity index is 1460. The van der Waals surface area contributed by atoms with Crippen LogP contribution in [0.1, 0.15) is 41.5 Å². The maximum absolute atomic E-state index is 13.4. The topological polar surface area (TPSA) is 158 Å². The van der Waals surface area contributed by atoms with E-state index in [1.807, 2.05) is 0 Å². The average Bonchev–Trinajstić information content (AvgIpc) is 3.48. The van der Waals surface area contributed by atoms with E-state index in [4.69, 9.17) is 82.8 Å². The summed E-state index contributed by atoms with van der Waals surface area (Å²) in [7, 11) is 0. The molecular weight excluding hydrogens is 685 g/mol. The lowest BCUT2D eigenvalue weighted by Gasteiger charge is -2.42. The van der Waals surface area contributed by atoms with Crippen molar-refractivity contribution in [1.29, 1.82) is 5.41 Å². The predicted molar refractivity (Wildman–Crippen MR) is 164 cm³/mol. The van der Waals surface area contributed by atoms with Gasteiger partial charge in [-0.3, -0.25) is 10.2 Å². The Morgan fingerprint density at radius 3 is 2.04 bits per heavy atom. The van der Waals surface area contributed by atoms with Gasteiger partial charge in [-0.2, -0.15) is 0 Å². The predicted octanol–water partition coefficient (Wildman–Crippen LogP) is 4.35. The van der Waals surface area contributed by atoms with Gasteiger partial charge in [0.1, 0.15) is 18.8 Å². The number of carbonyl (C=O) groups excluding carboxylic acids is 3. The second kappa shape index (κ2) is 14.2. The van der Waals surface area contributed by atoms with Crippen LogP contribution in [0.3, 0.4) is 0 Å². The van der Waals surface area contributed by atoms with Crippen LogP contribution in [0.2, 0.25) is 0 Å². The molecule has 0 saturated carbocycles. The van der Waals surface area contributed by atoms with Gasteiger partial charge < -0.3 is 42.6 Å². The highest BCUT2D eigenvalue weighted by atomic mass is 35.6. The van der Waals surface area contributed by atoms with Gasteiger partial charge in [-0.1, -0.05) is 71.2 Å². The molecule has 0 amide bonds. The molecule has 0 unspecified atom stereocenters. The van der Waals surface area contributed by atoms with E-state index in [1.165, 1.54) is 19.1 Å². The Labute approximate surface area is 285 Å². The Morgan fingerprint density at radius 2 is 1.47 bits per heavy atom. The van der Waals surface area contributed by atoms with Crippen LogP contribution in [0.4, 0.5) is 0 Å². The molecule has 3 aliphatic heterocycles. The second-order valence-corrected chi connectivity index (χ2v) is 13.6. The van der Waals surface area contributed by atoms with Crippen molar-refractivity contribution in [3.63, 3.8) is 0 Å². The number of hydrogen-bond donors (Lipinski definition) is 1. The van der Waals surface area contributed by atoms with Gasteiger partial charge in [0.15, 0.2) is 29.9 Å². The molecule has 0 radical (unpaired) electrons. The summed E-state index contributed by atoms with van der Waals surface area (Å²) in [6.07, 6.45) is -7.93. The molecule has 2 aromatic rings. The number of benzene rings is 2. The lowest BCUT2D eigenvalue weighted by Crippen LogP contribution is -2.60. The summed E-state index contributed by atoms with van der Waals surface area (Å²) >= 11 is 17.6. The molecule has 2 aromatic carbocycles. The van der Waals surface area contributed by atoms with Gasteiger partial charge in [0.05, 0.1) is 24.3 Å². The molecule has 13 nitrogen and oxygen atoms in total. The second-order valence-electron chi connectivity index (χ2n) is 11.4. The lowest BCUT2D eigenvalue weighted by molar-refractivity contribution is -0.298. The number of esters is 3. The number of nitrogens with one attached hydrogen (secondary N) is 1. The first-order chi connectivity index (χ1) is 22.2. The monoisotopic (exact) mass is 715 g/mol. The molecule has 0 aliphatic carbocycles. The van der Waals surface area contributed by atoms with Crippen LogP contribution in [0.15, 0.2) is 60.7 Å². The van der Waals surface area contributed by atoms with E-state index >= 15 is 0 Å². The number of carbonyl (C=O) groups is 3. The zero-order chi connectivity index (χ0) is 34.0. The van der Waals surface area contributed by atoms with Gasteiger partial charge in [-0.05, 0) is 38.1 Å². The number of fused-ring (bicyclic) bond motifs is 1. The summed E-state index contributed by atoms with van der Waals surface area (Å²) in [6.45, 7) is 3.92. The number of rotatable bonds is 9. The Kier molecular flexibility index (Phi) is 10.7. The minimum Gasteiger partial charge on any atom is -0.463 e. The largest absolute Gasteiger partial charge is 0.463 e. The zero-order valence-corrected chi connectivity index (χ0v) is 27.7. The Hall–Kier alpha value is -3.01. The standard InChI is InChI=1S/C31H32Cl3NO12/c1-17(36)40-15-30-16-41-27(23(30)46-29(2,3)47-30)44-21-20(42-24(37)18-10-6-4-7-11-18)14-39-26(45-28(35)31(32,33)34)22(21)43-25(38)19-12-8-5-9-13-19/h4-13,20-23,26-27,35H,14-16H2,1-3H3/t20-,21+,22-,23+,26-,27+,30-/m1/s1. The zero-order valence-electron chi connectivity index (χ0n) is 25.4. The molecule has 7 atom stereocenters. The fourth-order valence-corrected chi connectivity index (χ4v) is 5.45. The molecule has 0 spiro atoms. The average molecular weight is 717 g/mol. The molecule has 16 heteroatoms.